The number of rotatable bonds is 4. The number of halogens is 1. The molecular formula is C27H19BrN2O5. The number of aliphatic hydroxyl groups is 1. The van der Waals surface area contributed by atoms with Crippen molar-refractivity contribution >= 4 is 45.0 Å². The summed E-state index contributed by atoms with van der Waals surface area (Å²) in [6.07, 6.45) is 0. The van der Waals surface area contributed by atoms with E-state index in [1.165, 1.54) is 11.8 Å². The maximum atomic E-state index is 13.2. The van der Waals surface area contributed by atoms with Crippen molar-refractivity contribution < 1.29 is 24.2 Å². The fourth-order valence-corrected chi connectivity index (χ4v) is 4.19. The quantitative estimate of drug-likeness (QED) is 0.164. The zero-order chi connectivity index (χ0) is 25.3. The molecule has 1 aliphatic heterocycles. The number of esters is 1. The van der Waals surface area contributed by atoms with Gasteiger partial charge in [-0.1, -0.05) is 34.1 Å². The Morgan fingerprint density at radius 2 is 1.71 bits per heavy atom. The van der Waals surface area contributed by atoms with E-state index in [2.05, 4.69) is 15.9 Å². The third kappa shape index (κ3) is 4.59. The third-order valence-corrected chi connectivity index (χ3v) is 6.50. The van der Waals surface area contributed by atoms with Gasteiger partial charge in [-0.2, -0.15) is 5.26 Å². The molecule has 0 aliphatic carbocycles. The highest BCUT2D eigenvalue weighted by Gasteiger charge is 2.47. The molecule has 0 radical (unpaired) electrons. The average Bonchev–Trinajstić information content (AvgIpc) is 3.11. The monoisotopic (exact) mass is 530 g/mol. The van der Waals surface area contributed by atoms with Gasteiger partial charge in [0.25, 0.3) is 11.7 Å². The van der Waals surface area contributed by atoms with Gasteiger partial charge >= 0.3 is 5.97 Å². The van der Waals surface area contributed by atoms with Crippen LogP contribution in [0, 0.1) is 18.3 Å². The Hall–Kier alpha value is -4.22. The van der Waals surface area contributed by atoms with E-state index in [0.29, 0.717) is 28.1 Å². The Bertz CT molecular complexity index is 1420. The summed E-state index contributed by atoms with van der Waals surface area (Å²) in [4.78, 5) is 39.0. The highest BCUT2D eigenvalue weighted by Crippen LogP contribution is 2.42. The molecule has 1 atom stereocenters. The van der Waals surface area contributed by atoms with E-state index in [-0.39, 0.29) is 11.3 Å². The zero-order valence-electron chi connectivity index (χ0n) is 18.8. The van der Waals surface area contributed by atoms with Crippen LogP contribution in [0.2, 0.25) is 0 Å². The zero-order valence-corrected chi connectivity index (χ0v) is 20.4. The fraction of sp³-hybridized carbons (Fsp3) is 0.111. The minimum absolute atomic E-state index is 0.0682. The minimum Gasteiger partial charge on any atom is -0.507 e. The lowest BCUT2D eigenvalue weighted by Gasteiger charge is -2.25. The molecule has 1 heterocycles. The summed E-state index contributed by atoms with van der Waals surface area (Å²) < 4.78 is 5.93. The van der Waals surface area contributed by atoms with Gasteiger partial charge < -0.3 is 9.84 Å². The lowest BCUT2D eigenvalue weighted by Crippen LogP contribution is -2.29. The second kappa shape index (κ2) is 9.57. The van der Waals surface area contributed by atoms with E-state index in [9.17, 15) is 19.5 Å². The molecule has 1 fully saturated rings. The number of ether oxygens (including phenoxy) is 1. The Morgan fingerprint density at radius 3 is 2.29 bits per heavy atom. The van der Waals surface area contributed by atoms with E-state index in [1.807, 2.05) is 13.0 Å². The van der Waals surface area contributed by atoms with Crippen molar-refractivity contribution in [1.82, 2.24) is 0 Å². The molecule has 3 aromatic carbocycles. The number of carbonyl (C=O) groups is 3. The van der Waals surface area contributed by atoms with Crippen LogP contribution >= 0.6 is 15.9 Å². The largest absolute Gasteiger partial charge is 0.507 e. The SMILES string of the molecule is CC(=O)Oc1ccc(C2/C(=C(/O)c3ccc(Br)c(C)c3)C(=O)C(=O)N2c2ccc(C#N)cc2)cc1. The normalized spacial score (nSPS) is 16.7. The Morgan fingerprint density at radius 1 is 1.06 bits per heavy atom. The minimum atomic E-state index is -0.946. The van der Waals surface area contributed by atoms with Gasteiger partial charge in [-0.15, -0.1) is 0 Å². The predicted octanol–water partition coefficient (Wildman–Crippen LogP) is 5.18. The van der Waals surface area contributed by atoms with Crippen LogP contribution in [0.3, 0.4) is 0 Å². The van der Waals surface area contributed by atoms with Gasteiger partial charge in [0.2, 0.25) is 0 Å². The highest BCUT2D eigenvalue weighted by molar-refractivity contribution is 9.10. The molecule has 0 saturated carbocycles. The number of nitriles is 1. The molecule has 1 N–H and O–H groups in total. The summed E-state index contributed by atoms with van der Waals surface area (Å²) in [5, 5.41) is 20.4. The first-order valence-electron chi connectivity index (χ1n) is 10.6. The first kappa shape index (κ1) is 23.9. The van der Waals surface area contributed by atoms with E-state index in [0.717, 1.165) is 10.0 Å². The molecule has 1 aliphatic rings. The van der Waals surface area contributed by atoms with Gasteiger partial charge in [0, 0.05) is 22.6 Å². The van der Waals surface area contributed by atoms with Crippen molar-refractivity contribution in [2.75, 3.05) is 4.90 Å². The van der Waals surface area contributed by atoms with Crippen molar-refractivity contribution in [2.45, 2.75) is 19.9 Å². The summed E-state index contributed by atoms with van der Waals surface area (Å²) in [5.41, 5.74) is 2.49. The van der Waals surface area contributed by atoms with Crippen LogP contribution < -0.4 is 9.64 Å². The highest BCUT2D eigenvalue weighted by atomic mass is 79.9. The lowest BCUT2D eigenvalue weighted by atomic mass is 9.94. The van der Waals surface area contributed by atoms with Crippen LogP contribution in [-0.4, -0.2) is 22.8 Å². The number of anilines is 1. The summed E-state index contributed by atoms with van der Waals surface area (Å²) in [5.74, 6) is -2.11. The Balaban J connectivity index is 1.90. The molecule has 7 nitrogen and oxygen atoms in total. The predicted molar refractivity (Wildman–Crippen MR) is 133 cm³/mol. The molecule has 174 valence electrons. The number of Topliss-reactive ketones (excluding diaryl/α,β-unsaturated/α-hetero) is 1. The van der Waals surface area contributed by atoms with Crippen molar-refractivity contribution in [3.05, 3.63) is 99.0 Å². The number of nitrogens with zero attached hydrogens (tertiary/aromatic N) is 2. The smallest absolute Gasteiger partial charge is 0.308 e. The number of aliphatic hydroxyl groups excluding tert-OH is 1. The van der Waals surface area contributed by atoms with Gasteiger partial charge in [-0.05, 0) is 66.6 Å². The first-order valence-corrected chi connectivity index (χ1v) is 11.4. The van der Waals surface area contributed by atoms with Crippen molar-refractivity contribution in [2.24, 2.45) is 0 Å². The Labute approximate surface area is 210 Å². The average molecular weight is 531 g/mol. The van der Waals surface area contributed by atoms with Gasteiger partial charge in [-0.3, -0.25) is 19.3 Å². The number of hydrogen-bond acceptors (Lipinski definition) is 6. The second-order valence-corrected chi connectivity index (χ2v) is 8.81. The van der Waals surface area contributed by atoms with E-state index in [1.54, 1.807) is 66.7 Å². The van der Waals surface area contributed by atoms with E-state index >= 15 is 0 Å². The van der Waals surface area contributed by atoms with Crippen LogP contribution in [0.5, 0.6) is 5.75 Å². The summed E-state index contributed by atoms with van der Waals surface area (Å²) in [6, 6.07) is 18.8. The number of amides is 1. The maximum absolute atomic E-state index is 13.2. The molecule has 1 unspecified atom stereocenters. The van der Waals surface area contributed by atoms with Crippen molar-refractivity contribution in [3.8, 4) is 11.8 Å². The number of carbonyl (C=O) groups excluding carboxylic acids is 3. The summed E-state index contributed by atoms with van der Waals surface area (Å²) in [7, 11) is 0. The first-order chi connectivity index (χ1) is 16.7. The topological polar surface area (TPSA) is 108 Å². The molecule has 1 saturated heterocycles. The van der Waals surface area contributed by atoms with E-state index in [4.69, 9.17) is 10.00 Å². The number of hydrogen-bond donors (Lipinski definition) is 1. The molecule has 0 spiro atoms. The maximum Gasteiger partial charge on any atom is 0.308 e. The molecule has 0 bridgehead atoms. The van der Waals surface area contributed by atoms with Crippen LogP contribution in [0.15, 0.2) is 76.8 Å². The van der Waals surface area contributed by atoms with Crippen molar-refractivity contribution in [1.29, 1.82) is 5.26 Å². The standard InChI is InChI=1S/C27H19BrN2O5/c1-15-13-19(7-12-22(15)28)25(32)23-24(18-5-10-21(11-6-18)35-16(2)31)30(27(34)26(23)33)20-8-3-17(14-29)4-9-20/h3-13,24,32H,1-2H3/b25-23-. The second-order valence-electron chi connectivity index (χ2n) is 7.95. The van der Waals surface area contributed by atoms with E-state index < -0.39 is 23.7 Å². The molecule has 8 heteroatoms. The molecule has 4 rings (SSSR count). The van der Waals surface area contributed by atoms with Crippen LogP contribution in [0.25, 0.3) is 5.76 Å². The third-order valence-electron chi connectivity index (χ3n) is 5.61. The van der Waals surface area contributed by atoms with Crippen molar-refractivity contribution in [3.63, 3.8) is 0 Å². The van der Waals surface area contributed by atoms with Gasteiger partial charge in [0.05, 0.1) is 23.2 Å². The van der Waals surface area contributed by atoms with Crippen LogP contribution in [0.1, 0.15) is 35.2 Å². The summed E-state index contributed by atoms with van der Waals surface area (Å²) >= 11 is 3.42. The molecular weight excluding hydrogens is 512 g/mol. The lowest BCUT2D eigenvalue weighted by molar-refractivity contribution is -0.132. The van der Waals surface area contributed by atoms with Crippen LogP contribution in [-0.2, 0) is 14.4 Å². The molecule has 3 aromatic rings. The summed E-state index contributed by atoms with van der Waals surface area (Å²) in [6.45, 7) is 3.13. The number of aryl methyl sites for hydroxylation is 1. The van der Waals surface area contributed by atoms with Gasteiger partial charge in [0.1, 0.15) is 11.5 Å². The molecule has 1 amide bonds. The number of ketones is 1. The van der Waals surface area contributed by atoms with Crippen LogP contribution in [0.4, 0.5) is 5.69 Å². The van der Waals surface area contributed by atoms with Gasteiger partial charge in [0.15, 0.2) is 0 Å². The Kier molecular flexibility index (Phi) is 6.54. The molecule has 0 aromatic heterocycles. The molecule has 35 heavy (non-hydrogen) atoms. The van der Waals surface area contributed by atoms with Gasteiger partial charge in [-0.25, -0.2) is 0 Å². The number of benzene rings is 3. The fourth-order valence-electron chi connectivity index (χ4n) is 3.94.